The van der Waals surface area contributed by atoms with Gasteiger partial charge in [0, 0.05) is 17.3 Å². The maximum Gasteiger partial charge on any atom is 0.263 e. The Morgan fingerprint density at radius 1 is 1.04 bits per heavy atom. The normalized spacial score (nSPS) is 11.5. The van der Waals surface area contributed by atoms with E-state index in [-0.39, 0.29) is 10.7 Å². The third-order valence-electron chi connectivity index (χ3n) is 4.05. The van der Waals surface area contributed by atoms with Crippen LogP contribution in [0.15, 0.2) is 45.9 Å². The first-order valence-electron chi connectivity index (χ1n) is 7.77. The molecule has 0 aliphatic rings. The van der Waals surface area contributed by atoms with Crippen molar-refractivity contribution in [1.82, 2.24) is 10.1 Å². The molecule has 0 bridgehead atoms. The number of sulfonamides is 1. The number of hydrogen-bond donors (Lipinski definition) is 1. The molecule has 1 aromatic carbocycles. The van der Waals surface area contributed by atoms with Gasteiger partial charge in [0.05, 0.1) is 10.6 Å². The van der Waals surface area contributed by atoms with Gasteiger partial charge in [0.2, 0.25) is 0 Å². The maximum atomic E-state index is 12.8. The van der Waals surface area contributed by atoms with Gasteiger partial charge in [-0.05, 0) is 51.0 Å². The number of benzene rings is 1. The predicted octanol–water partition coefficient (Wildman–Crippen LogP) is 3.77. The highest BCUT2D eigenvalue weighted by molar-refractivity contribution is 7.92. The van der Waals surface area contributed by atoms with E-state index < -0.39 is 10.0 Å². The molecule has 0 saturated heterocycles. The Labute approximate surface area is 147 Å². The zero-order valence-corrected chi connectivity index (χ0v) is 15.3. The van der Waals surface area contributed by atoms with Crippen LogP contribution in [0.25, 0.3) is 11.3 Å². The van der Waals surface area contributed by atoms with E-state index in [0.29, 0.717) is 16.9 Å². The molecule has 7 heteroatoms. The highest BCUT2D eigenvalue weighted by Crippen LogP contribution is 2.29. The van der Waals surface area contributed by atoms with Crippen LogP contribution in [0.1, 0.15) is 22.4 Å². The van der Waals surface area contributed by atoms with Crippen molar-refractivity contribution in [2.75, 3.05) is 4.72 Å². The minimum Gasteiger partial charge on any atom is -0.356 e. The van der Waals surface area contributed by atoms with Crippen molar-refractivity contribution in [2.45, 2.75) is 32.6 Å². The SMILES string of the molecule is Cc1ccc(NS(=O)(=O)c2cc(-c3onc(C)c3C)ccc2C)nc1. The second-order valence-corrected chi connectivity index (χ2v) is 7.68. The Balaban J connectivity index is 2.02. The van der Waals surface area contributed by atoms with E-state index >= 15 is 0 Å². The number of aryl methyl sites for hydroxylation is 3. The van der Waals surface area contributed by atoms with E-state index in [1.54, 1.807) is 37.4 Å². The summed E-state index contributed by atoms with van der Waals surface area (Å²) in [4.78, 5) is 4.28. The van der Waals surface area contributed by atoms with Gasteiger partial charge in [-0.15, -0.1) is 0 Å². The van der Waals surface area contributed by atoms with Gasteiger partial charge < -0.3 is 4.52 Å². The Morgan fingerprint density at radius 2 is 1.80 bits per heavy atom. The lowest BCUT2D eigenvalue weighted by Crippen LogP contribution is -2.15. The summed E-state index contributed by atoms with van der Waals surface area (Å²) >= 11 is 0. The number of pyridine rings is 1. The lowest BCUT2D eigenvalue weighted by Gasteiger charge is -2.11. The average molecular weight is 357 g/mol. The van der Waals surface area contributed by atoms with Crippen molar-refractivity contribution < 1.29 is 12.9 Å². The van der Waals surface area contributed by atoms with Crippen molar-refractivity contribution in [2.24, 2.45) is 0 Å². The fraction of sp³-hybridized carbons (Fsp3) is 0.222. The van der Waals surface area contributed by atoms with Crippen molar-refractivity contribution in [3.63, 3.8) is 0 Å². The standard InChI is InChI=1S/C18H19N3O3S/c1-11-5-8-17(19-10-11)21-25(22,23)16-9-15(7-6-12(16)2)18-13(3)14(4)20-24-18/h5-10H,1-4H3,(H,19,21). The molecule has 0 amide bonds. The van der Waals surface area contributed by atoms with Gasteiger partial charge in [-0.1, -0.05) is 23.4 Å². The lowest BCUT2D eigenvalue weighted by atomic mass is 10.1. The molecule has 6 nitrogen and oxygen atoms in total. The molecule has 2 aromatic heterocycles. The van der Waals surface area contributed by atoms with Crippen LogP contribution in [-0.2, 0) is 10.0 Å². The number of nitrogens with one attached hydrogen (secondary N) is 1. The Hall–Kier alpha value is -2.67. The number of aromatic nitrogens is 2. The van der Waals surface area contributed by atoms with E-state index in [4.69, 9.17) is 4.52 Å². The summed E-state index contributed by atoms with van der Waals surface area (Å²) in [5.41, 5.74) is 3.93. The van der Waals surface area contributed by atoms with Gasteiger partial charge in [0.15, 0.2) is 5.76 Å². The summed E-state index contributed by atoms with van der Waals surface area (Å²) < 4.78 is 33.4. The summed E-state index contributed by atoms with van der Waals surface area (Å²) in [5.74, 6) is 0.851. The first kappa shape index (κ1) is 17.2. The summed E-state index contributed by atoms with van der Waals surface area (Å²) in [6.45, 7) is 7.38. The fourth-order valence-corrected chi connectivity index (χ4v) is 3.72. The molecule has 0 unspecified atom stereocenters. The van der Waals surface area contributed by atoms with Crippen LogP contribution >= 0.6 is 0 Å². The van der Waals surface area contributed by atoms with Crippen molar-refractivity contribution >= 4 is 15.8 Å². The summed E-state index contributed by atoms with van der Waals surface area (Å²) in [6.07, 6.45) is 1.61. The highest BCUT2D eigenvalue weighted by atomic mass is 32.2. The number of hydrogen-bond acceptors (Lipinski definition) is 5. The lowest BCUT2D eigenvalue weighted by molar-refractivity contribution is 0.427. The molecule has 2 heterocycles. The molecule has 130 valence electrons. The van der Waals surface area contributed by atoms with Crippen LogP contribution in [0.3, 0.4) is 0 Å². The van der Waals surface area contributed by atoms with Crippen LogP contribution in [0.5, 0.6) is 0 Å². The number of anilines is 1. The van der Waals surface area contributed by atoms with Crippen molar-refractivity contribution in [3.8, 4) is 11.3 Å². The molecule has 0 aliphatic heterocycles. The molecule has 0 fully saturated rings. The molecule has 25 heavy (non-hydrogen) atoms. The van der Waals surface area contributed by atoms with Gasteiger partial charge in [0.1, 0.15) is 5.82 Å². The molecular formula is C18H19N3O3S. The first-order valence-corrected chi connectivity index (χ1v) is 9.25. The number of rotatable bonds is 4. The predicted molar refractivity (Wildman–Crippen MR) is 95.9 cm³/mol. The summed E-state index contributed by atoms with van der Waals surface area (Å²) in [6, 6.07) is 8.61. The molecule has 3 rings (SSSR count). The van der Waals surface area contributed by atoms with Gasteiger partial charge in [-0.3, -0.25) is 4.72 Å². The average Bonchev–Trinajstić information content (AvgIpc) is 2.89. The summed E-state index contributed by atoms with van der Waals surface area (Å²) in [5, 5.41) is 3.93. The minimum atomic E-state index is -3.77. The smallest absolute Gasteiger partial charge is 0.263 e. The topological polar surface area (TPSA) is 85.1 Å². The van der Waals surface area contributed by atoms with Crippen LogP contribution < -0.4 is 4.72 Å². The largest absolute Gasteiger partial charge is 0.356 e. The van der Waals surface area contributed by atoms with E-state index in [1.165, 1.54) is 0 Å². The Morgan fingerprint density at radius 3 is 2.40 bits per heavy atom. The van der Waals surface area contributed by atoms with E-state index in [9.17, 15) is 8.42 Å². The van der Waals surface area contributed by atoms with Crippen LogP contribution in [0, 0.1) is 27.7 Å². The third kappa shape index (κ3) is 3.41. The van der Waals surface area contributed by atoms with Crippen LogP contribution in [-0.4, -0.2) is 18.6 Å². The van der Waals surface area contributed by atoms with Crippen LogP contribution in [0.2, 0.25) is 0 Å². The van der Waals surface area contributed by atoms with Crippen molar-refractivity contribution in [1.29, 1.82) is 0 Å². The van der Waals surface area contributed by atoms with E-state index in [1.807, 2.05) is 26.8 Å². The second kappa shape index (κ2) is 6.33. The molecule has 0 radical (unpaired) electrons. The molecule has 3 aromatic rings. The molecular weight excluding hydrogens is 338 g/mol. The quantitative estimate of drug-likeness (QED) is 0.768. The second-order valence-electron chi connectivity index (χ2n) is 6.03. The van der Waals surface area contributed by atoms with E-state index in [0.717, 1.165) is 16.8 Å². The monoisotopic (exact) mass is 357 g/mol. The number of nitrogens with zero attached hydrogens (tertiary/aromatic N) is 2. The zero-order chi connectivity index (χ0) is 18.2. The molecule has 0 spiro atoms. The van der Waals surface area contributed by atoms with Crippen molar-refractivity contribution in [3.05, 3.63) is 58.9 Å². The van der Waals surface area contributed by atoms with Gasteiger partial charge in [-0.2, -0.15) is 0 Å². The van der Waals surface area contributed by atoms with Gasteiger partial charge in [0.25, 0.3) is 10.0 Å². The zero-order valence-electron chi connectivity index (χ0n) is 14.5. The van der Waals surface area contributed by atoms with Gasteiger partial charge in [-0.25, -0.2) is 13.4 Å². The summed E-state index contributed by atoms with van der Waals surface area (Å²) in [7, 11) is -3.77. The Kier molecular flexibility index (Phi) is 4.34. The molecule has 0 saturated carbocycles. The Bertz CT molecular complexity index is 1020. The van der Waals surface area contributed by atoms with Gasteiger partial charge >= 0.3 is 0 Å². The first-order chi connectivity index (χ1) is 11.8. The molecule has 0 atom stereocenters. The molecule has 1 N–H and O–H groups in total. The van der Waals surface area contributed by atoms with Crippen LogP contribution in [0.4, 0.5) is 5.82 Å². The minimum absolute atomic E-state index is 0.181. The molecule has 0 aliphatic carbocycles. The maximum absolute atomic E-state index is 12.8. The fourth-order valence-electron chi connectivity index (χ4n) is 2.44. The third-order valence-corrected chi connectivity index (χ3v) is 5.54. The van der Waals surface area contributed by atoms with E-state index in [2.05, 4.69) is 14.9 Å². The highest BCUT2D eigenvalue weighted by Gasteiger charge is 2.20.